The minimum Gasteiger partial charge on any atom is -0.326 e. The molecule has 0 radical (unpaired) electrons. The molecule has 0 bridgehead atoms. The van der Waals surface area contributed by atoms with E-state index in [0.717, 1.165) is 58.8 Å². The highest BCUT2D eigenvalue weighted by Gasteiger charge is 2.35. The van der Waals surface area contributed by atoms with Crippen LogP contribution in [-0.4, -0.2) is 54.8 Å². The zero-order chi connectivity index (χ0) is 21.4. The van der Waals surface area contributed by atoms with Gasteiger partial charge in [0.2, 0.25) is 5.91 Å². The van der Waals surface area contributed by atoms with Crippen molar-refractivity contribution < 1.29 is 13.2 Å². The van der Waals surface area contributed by atoms with E-state index in [1.165, 1.54) is 0 Å². The molecule has 5 rings (SSSR count). The van der Waals surface area contributed by atoms with Crippen LogP contribution < -0.4 is 5.32 Å². The maximum absolute atomic E-state index is 12.8. The second-order valence-electron chi connectivity index (χ2n) is 8.42. The number of fused-ring (bicyclic) bond motifs is 1. The summed E-state index contributed by atoms with van der Waals surface area (Å²) in [6.07, 6.45) is 2.25. The van der Waals surface area contributed by atoms with E-state index >= 15 is 0 Å². The Morgan fingerprint density at radius 3 is 2.61 bits per heavy atom. The monoisotopic (exact) mass is 455 g/mol. The van der Waals surface area contributed by atoms with Crippen LogP contribution in [0.15, 0.2) is 48.5 Å². The van der Waals surface area contributed by atoms with Crippen LogP contribution in [0.1, 0.15) is 19.3 Å². The lowest BCUT2D eigenvalue weighted by Crippen LogP contribution is -2.44. The third kappa shape index (κ3) is 4.51. The molecular weight excluding hydrogens is 430 g/mol. The van der Waals surface area contributed by atoms with Crippen LogP contribution >= 0.6 is 11.3 Å². The van der Waals surface area contributed by atoms with E-state index in [2.05, 4.69) is 16.3 Å². The molecule has 1 unspecified atom stereocenters. The number of nitrogens with one attached hydrogen (secondary N) is 1. The molecule has 6 nitrogen and oxygen atoms in total. The first-order valence-electron chi connectivity index (χ1n) is 10.7. The summed E-state index contributed by atoms with van der Waals surface area (Å²) in [4.78, 5) is 19.8. The molecule has 0 saturated carbocycles. The van der Waals surface area contributed by atoms with Gasteiger partial charge in [0.1, 0.15) is 5.01 Å². The zero-order valence-electron chi connectivity index (χ0n) is 17.2. The SMILES string of the molecule is O=C(Nc1cccc(-c2nc3ccccc3s2)c1)C1CCN(C2CCS(=O)(=O)C2)CC1. The summed E-state index contributed by atoms with van der Waals surface area (Å²) in [5.74, 6) is 0.561. The number of piperidine rings is 1. The fourth-order valence-electron chi connectivity index (χ4n) is 4.56. The number of rotatable bonds is 4. The van der Waals surface area contributed by atoms with E-state index in [9.17, 15) is 13.2 Å². The highest BCUT2D eigenvalue weighted by Crippen LogP contribution is 2.31. The van der Waals surface area contributed by atoms with Gasteiger partial charge in [-0.3, -0.25) is 9.69 Å². The molecule has 1 amide bonds. The van der Waals surface area contributed by atoms with E-state index in [1.807, 2.05) is 42.5 Å². The molecule has 1 atom stereocenters. The number of nitrogens with zero attached hydrogens (tertiary/aromatic N) is 2. The van der Waals surface area contributed by atoms with Crippen molar-refractivity contribution in [2.75, 3.05) is 29.9 Å². The molecule has 8 heteroatoms. The Bertz CT molecular complexity index is 1180. The molecule has 2 saturated heterocycles. The van der Waals surface area contributed by atoms with Crippen molar-refractivity contribution in [1.82, 2.24) is 9.88 Å². The van der Waals surface area contributed by atoms with E-state index in [4.69, 9.17) is 4.98 Å². The van der Waals surface area contributed by atoms with E-state index in [0.29, 0.717) is 5.75 Å². The summed E-state index contributed by atoms with van der Waals surface area (Å²) >= 11 is 1.65. The third-order valence-corrected chi connectivity index (χ3v) is 9.13. The van der Waals surface area contributed by atoms with Crippen molar-refractivity contribution >= 4 is 43.0 Å². The average molecular weight is 456 g/mol. The lowest BCUT2D eigenvalue weighted by molar-refractivity contribution is -0.121. The minimum absolute atomic E-state index is 0.0413. The fourth-order valence-corrected chi connectivity index (χ4v) is 7.28. The fraction of sp³-hybridized carbons (Fsp3) is 0.391. The highest BCUT2D eigenvalue weighted by atomic mass is 32.2. The number of hydrogen-bond donors (Lipinski definition) is 1. The predicted octanol–water partition coefficient (Wildman–Crippen LogP) is 3.80. The van der Waals surface area contributed by atoms with Crippen LogP contribution in [0.4, 0.5) is 5.69 Å². The lowest BCUT2D eigenvalue weighted by atomic mass is 9.94. The Labute approximate surface area is 186 Å². The molecule has 31 heavy (non-hydrogen) atoms. The topological polar surface area (TPSA) is 79.4 Å². The maximum atomic E-state index is 12.8. The molecule has 2 fully saturated rings. The number of sulfone groups is 1. The Hall–Kier alpha value is -2.29. The number of anilines is 1. The van der Waals surface area contributed by atoms with Gasteiger partial charge < -0.3 is 5.32 Å². The number of para-hydroxylation sites is 1. The number of hydrogen-bond acceptors (Lipinski definition) is 6. The zero-order valence-corrected chi connectivity index (χ0v) is 18.8. The van der Waals surface area contributed by atoms with E-state index < -0.39 is 9.84 Å². The Balaban J connectivity index is 1.22. The number of carbonyl (C=O) groups excluding carboxylic acids is 1. The van der Waals surface area contributed by atoms with Gasteiger partial charge in [-0.1, -0.05) is 24.3 Å². The average Bonchev–Trinajstić information content (AvgIpc) is 3.37. The first-order chi connectivity index (χ1) is 15.0. The first-order valence-corrected chi connectivity index (χ1v) is 13.3. The number of amides is 1. The molecule has 2 aliphatic heterocycles. The van der Waals surface area contributed by atoms with Gasteiger partial charge in [-0.25, -0.2) is 13.4 Å². The van der Waals surface area contributed by atoms with Crippen LogP contribution in [0, 0.1) is 5.92 Å². The van der Waals surface area contributed by atoms with Gasteiger partial charge in [0.05, 0.1) is 21.7 Å². The Morgan fingerprint density at radius 2 is 1.87 bits per heavy atom. The largest absolute Gasteiger partial charge is 0.326 e. The van der Waals surface area contributed by atoms with Gasteiger partial charge >= 0.3 is 0 Å². The van der Waals surface area contributed by atoms with Gasteiger partial charge in [-0.05, 0) is 56.6 Å². The van der Waals surface area contributed by atoms with Crippen molar-refractivity contribution in [2.24, 2.45) is 5.92 Å². The smallest absolute Gasteiger partial charge is 0.227 e. The van der Waals surface area contributed by atoms with Crippen LogP contribution in [0.25, 0.3) is 20.8 Å². The van der Waals surface area contributed by atoms with Crippen molar-refractivity contribution in [3.8, 4) is 10.6 Å². The second kappa shape index (κ2) is 8.33. The van der Waals surface area contributed by atoms with E-state index in [-0.39, 0.29) is 23.6 Å². The molecule has 1 aromatic heterocycles. The second-order valence-corrected chi connectivity index (χ2v) is 11.7. The first kappa shape index (κ1) is 20.6. The van der Waals surface area contributed by atoms with Gasteiger partial charge in [0.25, 0.3) is 0 Å². The maximum Gasteiger partial charge on any atom is 0.227 e. The number of aromatic nitrogens is 1. The summed E-state index contributed by atoms with van der Waals surface area (Å²) in [5, 5.41) is 4.02. The summed E-state index contributed by atoms with van der Waals surface area (Å²) in [6, 6.07) is 16.0. The third-order valence-electron chi connectivity index (χ3n) is 6.30. The Morgan fingerprint density at radius 1 is 1.06 bits per heavy atom. The normalized spacial score (nSPS) is 22.0. The summed E-state index contributed by atoms with van der Waals surface area (Å²) in [5.41, 5.74) is 2.76. The highest BCUT2D eigenvalue weighted by molar-refractivity contribution is 7.91. The summed E-state index contributed by atoms with van der Waals surface area (Å²) in [7, 11) is -2.88. The molecule has 3 heterocycles. The lowest BCUT2D eigenvalue weighted by Gasteiger charge is -2.34. The molecular formula is C23H25N3O3S2. The summed E-state index contributed by atoms with van der Waals surface area (Å²) < 4.78 is 24.6. The number of benzene rings is 2. The van der Waals surface area contributed by atoms with Crippen molar-refractivity contribution in [2.45, 2.75) is 25.3 Å². The van der Waals surface area contributed by atoms with Crippen molar-refractivity contribution in [1.29, 1.82) is 0 Å². The van der Waals surface area contributed by atoms with Gasteiger partial charge in [-0.15, -0.1) is 11.3 Å². The van der Waals surface area contributed by atoms with Crippen molar-refractivity contribution in [3.63, 3.8) is 0 Å². The molecule has 2 aliphatic rings. The number of thiazole rings is 1. The molecule has 162 valence electrons. The molecule has 0 aliphatic carbocycles. The molecule has 3 aromatic rings. The molecule has 0 spiro atoms. The molecule has 2 aromatic carbocycles. The standard InChI is InChI=1S/C23H25N3O3S2/c27-22(16-8-11-26(12-9-16)19-10-13-31(28,29)15-19)24-18-5-3-4-17(14-18)23-25-20-6-1-2-7-21(20)30-23/h1-7,14,16,19H,8-13,15H2,(H,24,27). The van der Waals surface area contributed by atoms with Crippen LogP contribution in [-0.2, 0) is 14.6 Å². The van der Waals surface area contributed by atoms with Crippen LogP contribution in [0.2, 0.25) is 0 Å². The Kier molecular flexibility index (Phi) is 5.54. The number of likely N-dealkylation sites (tertiary alicyclic amines) is 1. The van der Waals surface area contributed by atoms with Gasteiger partial charge in [0.15, 0.2) is 9.84 Å². The van der Waals surface area contributed by atoms with Gasteiger partial charge in [-0.2, -0.15) is 0 Å². The van der Waals surface area contributed by atoms with Crippen LogP contribution in [0.5, 0.6) is 0 Å². The van der Waals surface area contributed by atoms with Gasteiger partial charge in [0, 0.05) is 23.2 Å². The minimum atomic E-state index is -2.88. The predicted molar refractivity (Wildman–Crippen MR) is 125 cm³/mol. The summed E-state index contributed by atoms with van der Waals surface area (Å²) in [6.45, 7) is 1.56. The molecule has 1 N–H and O–H groups in total. The number of carbonyl (C=O) groups is 1. The quantitative estimate of drug-likeness (QED) is 0.647. The van der Waals surface area contributed by atoms with E-state index in [1.54, 1.807) is 11.3 Å². The van der Waals surface area contributed by atoms with Crippen molar-refractivity contribution in [3.05, 3.63) is 48.5 Å². The van der Waals surface area contributed by atoms with Crippen LogP contribution in [0.3, 0.4) is 0 Å².